The number of nitrogens with one attached hydrogen (secondary N) is 2. The number of anilines is 1. The molecule has 0 aliphatic rings. The summed E-state index contributed by atoms with van der Waals surface area (Å²) in [6, 6.07) is 12.4. The van der Waals surface area contributed by atoms with Crippen molar-refractivity contribution in [3.05, 3.63) is 71.1 Å². The first-order valence-electron chi connectivity index (χ1n) is 5.89. The van der Waals surface area contributed by atoms with Crippen molar-refractivity contribution >= 4 is 29.4 Å². The van der Waals surface area contributed by atoms with E-state index in [2.05, 4.69) is 10.6 Å². The van der Waals surface area contributed by atoms with Crippen LogP contribution in [0.5, 0.6) is 0 Å². The Balaban J connectivity index is 1.87. The second kappa shape index (κ2) is 6.73. The third kappa shape index (κ3) is 4.40. The van der Waals surface area contributed by atoms with Crippen molar-refractivity contribution in [1.82, 2.24) is 5.32 Å². The summed E-state index contributed by atoms with van der Waals surface area (Å²) >= 11 is 5.76. The third-order valence-electron chi connectivity index (χ3n) is 2.44. The van der Waals surface area contributed by atoms with E-state index in [0.717, 1.165) is 5.56 Å². The minimum Gasteiger partial charge on any atom is -0.314 e. The summed E-state index contributed by atoms with van der Waals surface area (Å²) in [5, 5.41) is 5.70. The minimum atomic E-state index is -0.444. The number of carbonyl (C=O) groups is 1. The van der Waals surface area contributed by atoms with Crippen molar-refractivity contribution in [3.8, 4) is 0 Å². The lowest BCUT2D eigenvalue weighted by Gasteiger charge is -2.04. The fourth-order valence-electron chi connectivity index (χ4n) is 1.52. The van der Waals surface area contributed by atoms with E-state index in [1.54, 1.807) is 24.3 Å². The number of halogens is 2. The van der Waals surface area contributed by atoms with Gasteiger partial charge in [-0.1, -0.05) is 29.8 Å². The summed E-state index contributed by atoms with van der Waals surface area (Å²) in [5.41, 5.74) is 1.29. The Labute approximate surface area is 121 Å². The van der Waals surface area contributed by atoms with Crippen molar-refractivity contribution in [2.24, 2.45) is 0 Å². The second-order valence-corrected chi connectivity index (χ2v) is 4.43. The molecule has 0 atom stereocenters. The largest absolute Gasteiger partial charge is 0.323 e. The van der Waals surface area contributed by atoms with Crippen molar-refractivity contribution in [1.29, 1.82) is 0 Å². The van der Waals surface area contributed by atoms with Gasteiger partial charge in [0.1, 0.15) is 5.82 Å². The fraction of sp³-hybridized carbons (Fsp3) is 0. The molecular weight excluding hydrogens is 279 g/mol. The Morgan fingerprint density at radius 2 is 1.90 bits per heavy atom. The van der Waals surface area contributed by atoms with Crippen LogP contribution in [-0.4, -0.2) is 6.03 Å². The van der Waals surface area contributed by atoms with Gasteiger partial charge >= 0.3 is 6.03 Å². The molecule has 2 aromatic rings. The molecule has 2 aromatic carbocycles. The zero-order chi connectivity index (χ0) is 14.4. The Morgan fingerprint density at radius 3 is 2.60 bits per heavy atom. The maximum atomic E-state index is 12.9. The molecule has 102 valence electrons. The van der Waals surface area contributed by atoms with Crippen LogP contribution >= 0.6 is 11.6 Å². The molecule has 0 aliphatic carbocycles. The van der Waals surface area contributed by atoms with Gasteiger partial charge in [0.2, 0.25) is 0 Å². The van der Waals surface area contributed by atoms with Gasteiger partial charge in [0, 0.05) is 16.9 Å². The van der Waals surface area contributed by atoms with Crippen LogP contribution in [0.2, 0.25) is 5.02 Å². The Kier molecular flexibility index (Phi) is 4.74. The van der Waals surface area contributed by atoms with E-state index in [4.69, 9.17) is 11.6 Å². The maximum absolute atomic E-state index is 12.9. The van der Waals surface area contributed by atoms with E-state index in [9.17, 15) is 9.18 Å². The van der Waals surface area contributed by atoms with Crippen LogP contribution in [0.25, 0.3) is 6.08 Å². The highest BCUT2D eigenvalue weighted by Gasteiger charge is 1.99. The molecule has 20 heavy (non-hydrogen) atoms. The monoisotopic (exact) mass is 290 g/mol. The molecule has 2 amide bonds. The zero-order valence-corrected chi connectivity index (χ0v) is 11.2. The average molecular weight is 291 g/mol. The molecule has 0 saturated heterocycles. The lowest BCUT2D eigenvalue weighted by atomic mass is 10.2. The summed E-state index contributed by atoms with van der Waals surface area (Å²) in [7, 11) is 0. The Morgan fingerprint density at radius 1 is 1.15 bits per heavy atom. The molecule has 2 N–H and O–H groups in total. The summed E-state index contributed by atoms with van der Waals surface area (Å²) in [4.78, 5) is 11.6. The molecule has 0 aliphatic heterocycles. The molecular formula is C15H12ClFN2O. The number of urea groups is 1. The quantitative estimate of drug-likeness (QED) is 0.871. The lowest BCUT2D eigenvalue weighted by Crippen LogP contribution is -2.23. The molecule has 0 spiro atoms. The van der Waals surface area contributed by atoms with Gasteiger partial charge in [-0.2, -0.15) is 0 Å². The van der Waals surface area contributed by atoms with E-state index in [1.807, 2.05) is 12.1 Å². The van der Waals surface area contributed by atoms with Crippen molar-refractivity contribution < 1.29 is 9.18 Å². The third-order valence-corrected chi connectivity index (χ3v) is 2.69. The van der Waals surface area contributed by atoms with Crippen molar-refractivity contribution in [2.75, 3.05) is 5.32 Å². The van der Waals surface area contributed by atoms with Crippen LogP contribution in [-0.2, 0) is 0 Å². The molecule has 0 bridgehead atoms. The summed E-state index contributed by atoms with van der Waals surface area (Å²) in [6.45, 7) is 0. The molecule has 0 saturated carbocycles. The average Bonchev–Trinajstić information content (AvgIpc) is 2.41. The van der Waals surface area contributed by atoms with Gasteiger partial charge in [-0.25, -0.2) is 9.18 Å². The molecule has 0 fully saturated rings. The lowest BCUT2D eigenvalue weighted by molar-refractivity contribution is 0.255. The molecule has 0 unspecified atom stereocenters. The van der Waals surface area contributed by atoms with Crippen LogP contribution < -0.4 is 10.6 Å². The van der Waals surface area contributed by atoms with E-state index in [0.29, 0.717) is 10.7 Å². The first-order chi connectivity index (χ1) is 9.63. The minimum absolute atomic E-state index is 0.391. The van der Waals surface area contributed by atoms with Crippen LogP contribution in [0.1, 0.15) is 5.56 Å². The van der Waals surface area contributed by atoms with Crippen molar-refractivity contribution in [2.45, 2.75) is 0 Å². The predicted octanol–water partition coefficient (Wildman–Crippen LogP) is 4.27. The number of benzene rings is 2. The molecule has 0 heterocycles. The van der Waals surface area contributed by atoms with Gasteiger partial charge in [-0.05, 0) is 42.0 Å². The Bertz CT molecular complexity index is 626. The highest BCUT2D eigenvalue weighted by atomic mass is 35.5. The van der Waals surface area contributed by atoms with Gasteiger partial charge in [-0.15, -0.1) is 0 Å². The van der Waals surface area contributed by atoms with E-state index >= 15 is 0 Å². The van der Waals surface area contributed by atoms with Crippen LogP contribution in [0.4, 0.5) is 14.9 Å². The SMILES string of the molecule is O=C(N/C=C/c1ccc(Cl)cc1)Nc1cccc(F)c1. The smallest absolute Gasteiger partial charge is 0.314 e. The summed E-state index contributed by atoms with van der Waals surface area (Å²) < 4.78 is 12.9. The predicted molar refractivity (Wildman–Crippen MR) is 79.0 cm³/mol. The number of carbonyl (C=O) groups excluding carboxylic acids is 1. The molecule has 2 rings (SSSR count). The molecule has 3 nitrogen and oxygen atoms in total. The number of amides is 2. The van der Waals surface area contributed by atoms with Gasteiger partial charge in [0.15, 0.2) is 0 Å². The zero-order valence-electron chi connectivity index (χ0n) is 10.4. The highest BCUT2D eigenvalue weighted by molar-refractivity contribution is 6.30. The first-order valence-corrected chi connectivity index (χ1v) is 6.26. The Hall–Kier alpha value is -2.33. The fourth-order valence-corrected chi connectivity index (χ4v) is 1.65. The second-order valence-electron chi connectivity index (χ2n) is 3.99. The topological polar surface area (TPSA) is 41.1 Å². The van der Waals surface area contributed by atoms with Gasteiger partial charge in [0.25, 0.3) is 0 Å². The van der Waals surface area contributed by atoms with Gasteiger partial charge in [-0.3, -0.25) is 0 Å². The summed E-state index contributed by atoms with van der Waals surface area (Å²) in [6.07, 6.45) is 3.22. The van der Waals surface area contributed by atoms with Gasteiger partial charge < -0.3 is 10.6 Å². The first kappa shape index (κ1) is 14.1. The molecule has 0 aromatic heterocycles. The molecule has 5 heteroatoms. The maximum Gasteiger partial charge on any atom is 0.323 e. The van der Waals surface area contributed by atoms with Crippen LogP contribution in [0, 0.1) is 5.82 Å². The van der Waals surface area contributed by atoms with E-state index < -0.39 is 11.8 Å². The van der Waals surface area contributed by atoms with Crippen LogP contribution in [0.3, 0.4) is 0 Å². The highest BCUT2D eigenvalue weighted by Crippen LogP contribution is 2.10. The molecule has 0 radical (unpaired) electrons. The normalized spacial score (nSPS) is 10.5. The van der Waals surface area contributed by atoms with Gasteiger partial charge in [0.05, 0.1) is 0 Å². The summed E-state index contributed by atoms with van der Waals surface area (Å²) in [5.74, 6) is -0.403. The van der Waals surface area contributed by atoms with Crippen LogP contribution in [0.15, 0.2) is 54.7 Å². The van der Waals surface area contributed by atoms with Crippen molar-refractivity contribution in [3.63, 3.8) is 0 Å². The number of hydrogen-bond donors (Lipinski definition) is 2. The number of hydrogen-bond acceptors (Lipinski definition) is 1. The number of rotatable bonds is 3. The van der Waals surface area contributed by atoms with E-state index in [-0.39, 0.29) is 0 Å². The standard InChI is InChI=1S/C15H12ClFN2O/c16-12-6-4-11(5-7-12)8-9-18-15(20)19-14-3-1-2-13(17)10-14/h1-10H,(H2,18,19,20)/b9-8+. The van der Waals surface area contributed by atoms with E-state index in [1.165, 1.54) is 24.4 Å².